The summed E-state index contributed by atoms with van der Waals surface area (Å²) in [5.74, 6) is 1.56. The van der Waals surface area contributed by atoms with Crippen molar-refractivity contribution in [3.63, 3.8) is 0 Å². The van der Waals surface area contributed by atoms with E-state index in [1.165, 1.54) is 12.8 Å². The first-order valence-corrected chi connectivity index (χ1v) is 6.16. The highest BCUT2D eigenvalue weighted by atomic mass is 35.5. The zero-order valence-electron chi connectivity index (χ0n) is 9.29. The first-order valence-electron chi connectivity index (χ1n) is 5.78. The Bertz CT molecular complexity index is 327. The summed E-state index contributed by atoms with van der Waals surface area (Å²) in [7, 11) is 0. The topological polar surface area (TPSA) is 34.1 Å². The minimum absolute atomic E-state index is 0.624. The van der Waals surface area contributed by atoms with Crippen LogP contribution in [0.5, 0.6) is 5.75 Å². The number of halogens is 1. The summed E-state index contributed by atoms with van der Waals surface area (Å²) in [6.45, 7) is 3.04. The van der Waals surface area contributed by atoms with Gasteiger partial charge in [0.1, 0.15) is 5.75 Å². The predicted octanol–water partition coefficient (Wildman–Crippen LogP) is 2.50. The number of nitrogens with zero attached hydrogens (tertiary/aromatic N) is 1. The quantitative estimate of drug-likeness (QED) is 0.878. The van der Waals surface area contributed by atoms with Crippen LogP contribution in [0.3, 0.4) is 0 Å². The lowest BCUT2D eigenvalue weighted by Gasteiger charge is -2.22. The van der Waals surface area contributed by atoms with Gasteiger partial charge < -0.3 is 10.1 Å². The number of hydrogen-bond acceptors (Lipinski definition) is 3. The van der Waals surface area contributed by atoms with E-state index in [1.807, 2.05) is 0 Å². The van der Waals surface area contributed by atoms with Crippen LogP contribution in [0.15, 0.2) is 18.5 Å². The molecule has 1 aromatic heterocycles. The van der Waals surface area contributed by atoms with Crippen LogP contribution in [0.2, 0.25) is 5.02 Å². The molecule has 16 heavy (non-hydrogen) atoms. The Morgan fingerprint density at radius 1 is 1.38 bits per heavy atom. The van der Waals surface area contributed by atoms with Gasteiger partial charge in [-0.15, -0.1) is 0 Å². The van der Waals surface area contributed by atoms with Gasteiger partial charge in [0.25, 0.3) is 0 Å². The average molecular weight is 241 g/mol. The second-order valence-corrected chi connectivity index (χ2v) is 4.61. The van der Waals surface area contributed by atoms with Crippen LogP contribution in [0.25, 0.3) is 0 Å². The number of nitrogens with one attached hydrogen (secondary N) is 1. The van der Waals surface area contributed by atoms with Crippen molar-refractivity contribution in [3.05, 3.63) is 23.5 Å². The predicted molar refractivity (Wildman–Crippen MR) is 65.0 cm³/mol. The van der Waals surface area contributed by atoms with Gasteiger partial charge in [-0.1, -0.05) is 11.6 Å². The van der Waals surface area contributed by atoms with Gasteiger partial charge >= 0.3 is 0 Å². The molecule has 4 heteroatoms. The summed E-state index contributed by atoms with van der Waals surface area (Å²) in [4.78, 5) is 3.98. The summed E-state index contributed by atoms with van der Waals surface area (Å²) in [6, 6.07) is 1.80. The molecule has 1 N–H and O–H groups in total. The van der Waals surface area contributed by atoms with Gasteiger partial charge in [0.05, 0.1) is 17.8 Å². The van der Waals surface area contributed by atoms with Gasteiger partial charge in [0.15, 0.2) is 0 Å². The summed E-state index contributed by atoms with van der Waals surface area (Å²) < 4.78 is 5.62. The Labute approximate surface area is 101 Å². The van der Waals surface area contributed by atoms with Crippen molar-refractivity contribution in [1.82, 2.24) is 10.3 Å². The van der Waals surface area contributed by atoms with E-state index in [9.17, 15) is 0 Å². The lowest BCUT2D eigenvalue weighted by Crippen LogP contribution is -2.28. The second-order valence-electron chi connectivity index (χ2n) is 4.17. The number of ether oxygens (including phenoxy) is 1. The summed E-state index contributed by atoms with van der Waals surface area (Å²) in [5.41, 5.74) is 0. The van der Waals surface area contributed by atoms with Crippen molar-refractivity contribution in [2.75, 3.05) is 19.7 Å². The first kappa shape index (κ1) is 11.7. The van der Waals surface area contributed by atoms with E-state index in [0.29, 0.717) is 5.02 Å². The van der Waals surface area contributed by atoms with E-state index in [4.69, 9.17) is 16.3 Å². The maximum absolute atomic E-state index is 5.82. The number of rotatable bonds is 4. The summed E-state index contributed by atoms with van der Waals surface area (Å²) >= 11 is 5.82. The molecule has 2 heterocycles. The molecule has 0 unspecified atom stereocenters. The Morgan fingerprint density at radius 2 is 2.19 bits per heavy atom. The lowest BCUT2D eigenvalue weighted by atomic mass is 9.95. The van der Waals surface area contributed by atoms with Crippen LogP contribution >= 0.6 is 11.6 Å². The van der Waals surface area contributed by atoms with E-state index in [-0.39, 0.29) is 0 Å². The number of piperidine rings is 1. The third-order valence-electron chi connectivity index (χ3n) is 2.93. The number of aromatic nitrogens is 1. The summed E-state index contributed by atoms with van der Waals surface area (Å²) in [6.07, 6.45) is 6.96. The molecule has 1 aliphatic heterocycles. The maximum Gasteiger partial charge on any atom is 0.139 e. The molecule has 88 valence electrons. The number of pyridine rings is 1. The minimum atomic E-state index is 0.624. The van der Waals surface area contributed by atoms with Crippen LogP contribution in [0, 0.1) is 5.92 Å². The van der Waals surface area contributed by atoms with Gasteiger partial charge in [-0.25, -0.2) is 0 Å². The monoisotopic (exact) mass is 240 g/mol. The zero-order chi connectivity index (χ0) is 11.2. The molecule has 0 atom stereocenters. The molecule has 1 saturated heterocycles. The summed E-state index contributed by atoms with van der Waals surface area (Å²) in [5, 5.41) is 3.99. The van der Waals surface area contributed by atoms with Gasteiger partial charge in [-0.3, -0.25) is 4.98 Å². The SMILES string of the molecule is Clc1cncc(OCCC2CCNCC2)c1. The first-order chi connectivity index (χ1) is 7.84. The molecule has 0 bridgehead atoms. The van der Waals surface area contributed by atoms with Gasteiger partial charge in [0.2, 0.25) is 0 Å². The fourth-order valence-corrected chi connectivity index (χ4v) is 2.15. The highest BCUT2D eigenvalue weighted by Crippen LogP contribution is 2.18. The van der Waals surface area contributed by atoms with E-state index in [1.54, 1.807) is 18.5 Å². The fraction of sp³-hybridized carbons (Fsp3) is 0.583. The van der Waals surface area contributed by atoms with Crippen molar-refractivity contribution in [2.45, 2.75) is 19.3 Å². The van der Waals surface area contributed by atoms with Gasteiger partial charge in [-0.2, -0.15) is 0 Å². The van der Waals surface area contributed by atoms with Crippen molar-refractivity contribution in [2.24, 2.45) is 5.92 Å². The van der Waals surface area contributed by atoms with Crippen molar-refractivity contribution < 1.29 is 4.74 Å². The molecule has 0 spiro atoms. The van der Waals surface area contributed by atoms with Gasteiger partial charge in [-0.05, 0) is 38.3 Å². The molecular weight excluding hydrogens is 224 g/mol. The van der Waals surface area contributed by atoms with Crippen LogP contribution in [0.4, 0.5) is 0 Å². The Kier molecular flexibility index (Phi) is 4.43. The van der Waals surface area contributed by atoms with Crippen LogP contribution in [0.1, 0.15) is 19.3 Å². The Balaban J connectivity index is 1.71. The van der Waals surface area contributed by atoms with E-state index in [2.05, 4.69) is 10.3 Å². The highest BCUT2D eigenvalue weighted by molar-refractivity contribution is 6.30. The Morgan fingerprint density at radius 3 is 2.94 bits per heavy atom. The van der Waals surface area contributed by atoms with Crippen molar-refractivity contribution in [3.8, 4) is 5.75 Å². The molecular formula is C12H17ClN2O. The standard InChI is InChI=1S/C12H17ClN2O/c13-11-7-12(9-15-8-11)16-6-3-10-1-4-14-5-2-10/h7-10,14H,1-6H2. The largest absolute Gasteiger partial charge is 0.492 e. The highest BCUT2D eigenvalue weighted by Gasteiger charge is 2.12. The molecule has 3 nitrogen and oxygen atoms in total. The normalized spacial score (nSPS) is 17.3. The molecule has 1 aromatic rings. The van der Waals surface area contributed by atoms with E-state index >= 15 is 0 Å². The van der Waals surface area contributed by atoms with E-state index < -0.39 is 0 Å². The molecule has 0 amide bonds. The number of hydrogen-bond donors (Lipinski definition) is 1. The van der Waals surface area contributed by atoms with Crippen molar-refractivity contribution in [1.29, 1.82) is 0 Å². The van der Waals surface area contributed by atoms with Crippen LogP contribution < -0.4 is 10.1 Å². The van der Waals surface area contributed by atoms with Crippen molar-refractivity contribution >= 4 is 11.6 Å². The third-order valence-corrected chi connectivity index (χ3v) is 3.14. The minimum Gasteiger partial charge on any atom is -0.492 e. The van der Waals surface area contributed by atoms with E-state index in [0.717, 1.165) is 37.8 Å². The average Bonchev–Trinajstić information content (AvgIpc) is 2.30. The third kappa shape index (κ3) is 3.65. The molecule has 0 saturated carbocycles. The maximum atomic E-state index is 5.82. The lowest BCUT2D eigenvalue weighted by molar-refractivity contribution is 0.251. The zero-order valence-corrected chi connectivity index (χ0v) is 10.0. The Hall–Kier alpha value is -0.800. The van der Waals surface area contributed by atoms with Gasteiger partial charge in [0, 0.05) is 12.3 Å². The smallest absolute Gasteiger partial charge is 0.139 e. The molecule has 1 fully saturated rings. The fourth-order valence-electron chi connectivity index (χ4n) is 1.99. The molecule has 1 aliphatic rings. The molecule has 2 rings (SSSR count). The second kappa shape index (κ2) is 6.06. The van der Waals surface area contributed by atoms with Crippen LogP contribution in [-0.2, 0) is 0 Å². The molecule has 0 aliphatic carbocycles. The molecule has 0 radical (unpaired) electrons. The van der Waals surface area contributed by atoms with Crippen LogP contribution in [-0.4, -0.2) is 24.7 Å². The molecule has 0 aromatic carbocycles.